The number of anilines is 1. The third-order valence-corrected chi connectivity index (χ3v) is 6.18. The van der Waals surface area contributed by atoms with Crippen LogP contribution in [0, 0.1) is 13.8 Å². The zero-order valence-corrected chi connectivity index (χ0v) is 16.6. The van der Waals surface area contributed by atoms with E-state index in [0.29, 0.717) is 34.2 Å². The molecule has 2 aromatic carbocycles. The van der Waals surface area contributed by atoms with Crippen LogP contribution in [-0.4, -0.2) is 28.5 Å². The van der Waals surface area contributed by atoms with Crippen LogP contribution in [0.4, 0.5) is 5.69 Å². The van der Waals surface area contributed by atoms with Gasteiger partial charge in [-0.05, 0) is 47.9 Å². The molecular weight excluding hydrogens is 402 g/mol. The van der Waals surface area contributed by atoms with Crippen molar-refractivity contribution in [1.82, 2.24) is 20.1 Å². The molecule has 144 valence electrons. The summed E-state index contributed by atoms with van der Waals surface area (Å²) in [5, 5.41) is 12.5. The molecule has 0 aliphatic rings. The van der Waals surface area contributed by atoms with Gasteiger partial charge in [0.05, 0.1) is 23.6 Å². The predicted octanol–water partition coefficient (Wildman–Crippen LogP) is 3.54. The summed E-state index contributed by atoms with van der Waals surface area (Å²) >= 11 is 6.23. The summed E-state index contributed by atoms with van der Waals surface area (Å²) < 4.78 is 34.9. The van der Waals surface area contributed by atoms with E-state index in [-0.39, 0.29) is 10.4 Å². The van der Waals surface area contributed by atoms with E-state index >= 15 is 0 Å². The average molecular weight is 418 g/mol. The number of hydrogen-bond donors (Lipinski definition) is 1. The maximum atomic E-state index is 13.0. The van der Waals surface area contributed by atoms with E-state index < -0.39 is 10.0 Å². The van der Waals surface area contributed by atoms with Gasteiger partial charge in [-0.25, -0.2) is 13.0 Å². The van der Waals surface area contributed by atoms with E-state index in [1.807, 2.05) is 18.2 Å². The fourth-order valence-electron chi connectivity index (χ4n) is 2.97. The molecule has 0 radical (unpaired) electrons. The first kappa shape index (κ1) is 18.5. The molecule has 0 atom stereocenters. The fraction of sp³-hybridized carbons (Fsp3) is 0.167. The van der Waals surface area contributed by atoms with Crippen LogP contribution in [0.3, 0.4) is 0 Å². The average Bonchev–Trinajstić information content (AvgIpc) is 3.23. The van der Waals surface area contributed by atoms with Gasteiger partial charge in [-0.2, -0.15) is 5.10 Å². The van der Waals surface area contributed by atoms with E-state index in [4.69, 9.17) is 11.6 Å². The topological polar surface area (TPSA) is 103 Å². The fourth-order valence-corrected chi connectivity index (χ4v) is 4.50. The van der Waals surface area contributed by atoms with Crippen molar-refractivity contribution >= 4 is 38.3 Å². The Bertz CT molecular complexity index is 1280. The predicted molar refractivity (Wildman–Crippen MR) is 105 cm³/mol. The minimum absolute atomic E-state index is 0.0103. The molecular formula is C18H16ClN5O3S. The van der Waals surface area contributed by atoms with Crippen molar-refractivity contribution in [2.75, 3.05) is 4.72 Å². The molecule has 4 aromatic rings. The number of rotatable bonds is 5. The maximum Gasteiger partial charge on any atom is 0.264 e. The molecule has 8 nitrogen and oxygen atoms in total. The molecule has 2 heterocycles. The molecule has 0 saturated carbocycles. The Kier molecular flexibility index (Phi) is 4.56. The Morgan fingerprint density at radius 3 is 2.68 bits per heavy atom. The van der Waals surface area contributed by atoms with Crippen LogP contribution in [0.25, 0.3) is 11.0 Å². The van der Waals surface area contributed by atoms with Gasteiger partial charge in [-0.15, -0.1) is 0 Å². The highest BCUT2D eigenvalue weighted by Gasteiger charge is 2.24. The third kappa shape index (κ3) is 3.23. The molecule has 4 rings (SSSR count). The Morgan fingerprint density at radius 2 is 1.89 bits per heavy atom. The Morgan fingerprint density at radius 1 is 1.11 bits per heavy atom. The first-order valence-electron chi connectivity index (χ1n) is 8.38. The second-order valence-electron chi connectivity index (χ2n) is 6.29. The van der Waals surface area contributed by atoms with Gasteiger partial charge < -0.3 is 0 Å². The van der Waals surface area contributed by atoms with Crippen LogP contribution in [0.1, 0.15) is 17.0 Å². The van der Waals surface area contributed by atoms with Gasteiger partial charge in [0.2, 0.25) is 0 Å². The SMILES string of the molecule is Cc1nn(Cc2ccccc2Cl)c(C)c1NS(=O)(=O)c1cccc2nonc12. The van der Waals surface area contributed by atoms with E-state index in [0.717, 1.165) is 5.56 Å². The van der Waals surface area contributed by atoms with Crippen molar-refractivity contribution in [3.8, 4) is 0 Å². The Balaban J connectivity index is 1.70. The lowest BCUT2D eigenvalue weighted by atomic mass is 10.2. The van der Waals surface area contributed by atoms with Crippen LogP contribution in [0.5, 0.6) is 0 Å². The standard InChI is InChI=1S/C18H16ClN5O3S/c1-11-17(12(2)24(20-11)10-13-6-3-4-7-14(13)19)23-28(25,26)16-9-5-8-15-18(16)22-27-21-15/h3-9,23H,10H2,1-2H3. The number of aryl methyl sites for hydroxylation is 1. The third-order valence-electron chi connectivity index (χ3n) is 4.43. The van der Waals surface area contributed by atoms with Gasteiger partial charge in [0, 0.05) is 5.02 Å². The second-order valence-corrected chi connectivity index (χ2v) is 8.35. The van der Waals surface area contributed by atoms with Crippen molar-refractivity contribution in [3.63, 3.8) is 0 Å². The van der Waals surface area contributed by atoms with Crippen LogP contribution in [-0.2, 0) is 16.6 Å². The van der Waals surface area contributed by atoms with Crippen molar-refractivity contribution < 1.29 is 13.0 Å². The highest BCUT2D eigenvalue weighted by molar-refractivity contribution is 7.93. The lowest BCUT2D eigenvalue weighted by Gasteiger charge is -2.10. The number of nitrogens with one attached hydrogen (secondary N) is 1. The molecule has 0 aliphatic heterocycles. The van der Waals surface area contributed by atoms with Gasteiger partial charge in [-0.1, -0.05) is 35.9 Å². The molecule has 0 fully saturated rings. The summed E-state index contributed by atoms with van der Waals surface area (Å²) in [5.41, 5.74) is 3.08. The summed E-state index contributed by atoms with van der Waals surface area (Å²) in [6.07, 6.45) is 0. The highest BCUT2D eigenvalue weighted by atomic mass is 35.5. The van der Waals surface area contributed by atoms with Crippen LogP contribution < -0.4 is 4.72 Å². The van der Waals surface area contributed by atoms with Crippen molar-refractivity contribution in [1.29, 1.82) is 0 Å². The van der Waals surface area contributed by atoms with Crippen LogP contribution >= 0.6 is 11.6 Å². The number of benzene rings is 2. The van der Waals surface area contributed by atoms with Gasteiger partial charge in [0.1, 0.15) is 10.4 Å². The molecule has 0 unspecified atom stereocenters. The number of sulfonamides is 1. The molecule has 28 heavy (non-hydrogen) atoms. The Labute approximate surface area is 166 Å². The smallest absolute Gasteiger partial charge is 0.264 e. The molecule has 1 N–H and O–H groups in total. The van der Waals surface area contributed by atoms with Crippen molar-refractivity contribution in [2.45, 2.75) is 25.3 Å². The number of hydrogen-bond acceptors (Lipinski definition) is 6. The van der Waals surface area contributed by atoms with Gasteiger partial charge in [0.25, 0.3) is 10.0 Å². The van der Waals surface area contributed by atoms with E-state index in [9.17, 15) is 8.42 Å². The maximum absolute atomic E-state index is 13.0. The van der Waals surface area contributed by atoms with Gasteiger partial charge >= 0.3 is 0 Å². The zero-order chi connectivity index (χ0) is 19.9. The minimum Gasteiger partial charge on any atom is -0.276 e. The van der Waals surface area contributed by atoms with Gasteiger partial charge in [0.15, 0.2) is 5.52 Å². The number of aromatic nitrogens is 4. The molecule has 0 aliphatic carbocycles. The molecule has 0 amide bonds. The molecule has 0 spiro atoms. The molecule has 2 aromatic heterocycles. The minimum atomic E-state index is -3.91. The highest BCUT2D eigenvalue weighted by Crippen LogP contribution is 2.27. The number of fused-ring (bicyclic) bond motifs is 1. The lowest BCUT2D eigenvalue weighted by molar-refractivity contribution is 0.315. The summed E-state index contributed by atoms with van der Waals surface area (Å²) in [4.78, 5) is -0.0103. The summed E-state index contributed by atoms with van der Waals surface area (Å²) in [5.74, 6) is 0. The summed E-state index contributed by atoms with van der Waals surface area (Å²) in [6.45, 7) is 3.97. The lowest BCUT2D eigenvalue weighted by Crippen LogP contribution is -2.15. The molecule has 0 saturated heterocycles. The van der Waals surface area contributed by atoms with E-state index in [1.165, 1.54) is 6.07 Å². The first-order chi connectivity index (χ1) is 13.4. The van der Waals surface area contributed by atoms with Gasteiger partial charge in [-0.3, -0.25) is 9.40 Å². The second kappa shape index (κ2) is 6.92. The first-order valence-corrected chi connectivity index (χ1v) is 10.2. The van der Waals surface area contributed by atoms with E-state index in [1.54, 1.807) is 36.7 Å². The molecule has 0 bridgehead atoms. The summed E-state index contributed by atoms with van der Waals surface area (Å²) in [7, 11) is -3.91. The number of halogens is 1. The van der Waals surface area contributed by atoms with E-state index in [2.05, 4.69) is 24.8 Å². The van der Waals surface area contributed by atoms with Crippen molar-refractivity contribution in [3.05, 3.63) is 64.4 Å². The Hall–Kier alpha value is -2.91. The zero-order valence-electron chi connectivity index (χ0n) is 15.0. The number of nitrogens with zero attached hydrogens (tertiary/aromatic N) is 4. The molecule has 10 heteroatoms. The van der Waals surface area contributed by atoms with Crippen LogP contribution in [0.2, 0.25) is 5.02 Å². The quantitative estimate of drug-likeness (QED) is 0.532. The normalized spacial score (nSPS) is 11.8. The largest absolute Gasteiger partial charge is 0.276 e. The summed E-state index contributed by atoms with van der Waals surface area (Å²) in [6, 6.07) is 12.1. The monoisotopic (exact) mass is 417 g/mol. The van der Waals surface area contributed by atoms with Crippen molar-refractivity contribution in [2.24, 2.45) is 0 Å². The van der Waals surface area contributed by atoms with Crippen LogP contribution in [0.15, 0.2) is 52.0 Å².